The lowest BCUT2D eigenvalue weighted by Crippen LogP contribution is -2.12. The third-order valence-corrected chi connectivity index (χ3v) is 2.14. The van der Waals surface area contributed by atoms with Crippen LogP contribution >= 0.6 is 0 Å². The van der Waals surface area contributed by atoms with E-state index in [9.17, 15) is 4.79 Å². The molecule has 1 unspecified atom stereocenters. The van der Waals surface area contributed by atoms with Crippen LogP contribution in [0, 0.1) is 5.92 Å². The molecule has 70 valence electrons. The average molecular weight is 177 g/mol. The maximum absolute atomic E-state index is 11.3. The molecule has 0 aliphatic carbocycles. The molecular weight excluding hydrogens is 162 g/mol. The van der Waals surface area contributed by atoms with Crippen molar-refractivity contribution in [1.82, 2.24) is 4.98 Å². The molecule has 0 saturated carbocycles. The van der Waals surface area contributed by atoms with E-state index in [-0.39, 0.29) is 5.92 Å². The molecule has 1 heterocycles. The lowest BCUT2D eigenvalue weighted by Gasteiger charge is -2.07. The minimum absolute atomic E-state index is 0.0971. The fraction of sp³-hybridized carbons (Fsp3) is 0.455. The lowest BCUT2D eigenvalue weighted by atomic mass is 9.99. The Bertz CT molecular complexity index is 269. The van der Waals surface area contributed by atoms with Gasteiger partial charge in [-0.25, -0.2) is 0 Å². The van der Waals surface area contributed by atoms with E-state index in [1.54, 1.807) is 6.20 Å². The molecule has 0 radical (unpaired) electrons. The Morgan fingerprint density at radius 3 is 2.85 bits per heavy atom. The maximum Gasteiger partial charge on any atom is 0.135 e. The summed E-state index contributed by atoms with van der Waals surface area (Å²) >= 11 is 0. The van der Waals surface area contributed by atoms with E-state index in [1.807, 2.05) is 32.0 Å². The van der Waals surface area contributed by atoms with Crippen molar-refractivity contribution in [2.24, 2.45) is 5.92 Å². The van der Waals surface area contributed by atoms with Gasteiger partial charge in [0.05, 0.1) is 0 Å². The number of nitrogens with zero attached hydrogens (tertiary/aromatic N) is 1. The van der Waals surface area contributed by atoms with Crippen LogP contribution in [0.3, 0.4) is 0 Å². The number of carbonyl (C=O) groups excluding carboxylic acids is 1. The topological polar surface area (TPSA) is 30.0 Å². The standard InChI is InChI=1S/C11H15NO/c1-3-11(13)9(2)8-10-6-4-5-7-12-10/h4-7,9H,3,8H2,1-2H3. The average Bonchev–Trinajstić information content (AvgIpc) is 2.18. The van der Waals surface area contributed by atoms with Crippen LogP contribution in [-0.4, -0.2) is 10.8 Å². The molecule has 1 rings (SSSR count). The van der Waals surface area contributed by atoms with Crippen LogP contribution < -0.4 is 0 Å². The molecule has 13 heavy (non-hydrogen) atoms. The molecular formula is C11H15NO. The normalized spacial score (nSPS) is 12.5. The van der Waals surface area contributed by atoms with Gasteiger partial charge in [0, 0.05) is 24.2 Å². The van der Waals surface area contributed by atoms with E-state index < -0.39 is 0 Å². The fourth-order valence-electron chi connectivity index (χ4n) is 1.29. The zero-order valence-electron chi connectivity index (χ0n) is 8.16. The molecule has 0 N–H and O–H groups in total. The van der Waals surface area contributed by atoms with Crippen LogP contribution in [0.15, 0.2) is 24.4 Å². The van der Waals surface area contributed by atoms with Crippen molar-refractivity contribution in [2.45, 2.75) is 26.7 Å². The summed E-state index contributed by atoms with van der Waals surface area (Å²) in [6, 6.07) is 5.79. The van der Waals surface area contributed by atoms with E-state index in [4.69, 9.17) is 0 Å². The Hall–Kier alpha value is -1.18. The van der Waals surface area contributed by atoms with Crippen LogP contribution in [0.1, 0.15) is 26.0 Å². The SMILES string of the molecule is CCC(=O)C(C)Cc1ccccn1. The van der Waals surface area contributed by atoms with Crippen molar-refractivity contribution in [1.29, 1.82) is 0 Å². The van der Waals surface area contributed by atoms with Gasteiger partial charge in [0.15, 0.2) is 0 Å². The molecule has 2 nitrogen and oxygen atoms in total. The number of hydrogen-bond donors (Lipinski definition) is 0. The Labute approximate surface area is 79.0 Å². The monoisotopic (exact) mass is 177 g/mol. The van der Waals surface area contributed by atoms with E-state index in [2.05, 4.69) is 4.98 Å². The summed E-state index contributed by atoms with van der Waals surface area (Å²) < 4.78 is 0. The zero-order valence-corrected chi connectivity index (χ0v) is 8.16. The van der Waals surface area contributed by atoms with Crippen molar-refractivity contribution < 1.29 is 4.79 Å². The van der Waals surface area contributed by atoms with Crippen LogP contribution in [0.2, 0.25) is 0 Å². The van der Waals surface area contributed by atoms with E-state index in [0.717, 1.165) is 12.1 Å². The highest BCUT2D eigenvalue weighted by molar-refractivity contribution is 5.80. The van der Waals surface area contributed by atoms with Crippen LogP contribution in [0.4, 0.5) is 0 Å². The quantitative estimate of drug-likeness (QED) is 0.706. The number of ketones is 1. The fourth-order valence-corrected chi connectivity index (χ4v) is 1.29. The summed E-state index contributed by atoms with van der Waals surface area (Å²) in [5.41, 5.74) is 0.997. The molecule has 0 aliphatic rings. The molecule has 0 aromatic carbocycles. The Morgan fingerprint density at radius 1 is 1.54 bits per heavy atom. The molecule has 1 aromatic heterocycles. The number of carbonyl (C=O) groups is 1. The van der Waals surface area contributed by atoms with Gasteiger partial charge in [0.25, 0.3) is 0 Å². The minimum atomic E-state index is 0.0971. The Balaban J connectivity index is 2.55. The van der Waals surface area contributed by atoms with Gasteiger partial charge in [0.2, 0.25) is 0 Å². The van der Waals surface area contributed by atoms with Gasteiger partial charge in [-0.05, 0) is 18.6 Å². The largest absolute Gasteiger partial charge is 0.299 e. The Kier molecular flexibility index (Phi) is 3.62. The molecule has 1 atom stereocenters. The number of pyridine rings is 1. The van der Waals surface area contributed by atoms with Crippen molar-refractivity contribution in [3.63, 3.8) is 0 Å². The first-order chi connectivity index (χ1) is 6.24. The summed E-state index contributed by atoms with van der Waals surface area (Å²) in [7, 11) is 0. The lowest BCUT2D eigenvalue weighted by molar-refractivity contribution is -0.122. The molecule has 0 amide bonds. The van der Waals surface area contributed by atoms with Crippen molar-refractivity contribution in [3.8, 4) is 0 Å². The summed E-state index contributed by atoms with van der Waals surface area (Å²) in [5, 5.41) is 0. The number of aromatic nitrogens is 1. The van der Waals surface area contributed by atoms with Gasteiger partial charge < -0.3 is 0 Å². The second-order valence-electron chi connectivity index (χ2n) is 3.25. The number of hydrogen-bond acceptors (Lipinski definition) is 2. The molecule has 2 heteroatoms. The first-order valence-electron chi connectivity index (χ1n) is 4.66. The molecule has 0 aliphatic heterocycles. The van der Waals surface area contributed by atoms with E-state index >= 15 is 0 Å². The van der Waals surface area contributed by atoms with Crippen molar-refractivity contribution in [3.05, 3.63) is 30.1 Å². The highest BCUT2D eigenvalue weighted by Gasteiger charge is 2.11. The summed E-state index contributed by atoms with van der Waals surface area (Å²) in [6.07, 6.45) is 3.14. The second-order valence-corrected chi connectivity index (χ2v) is 3.25. The summed E-state index contributed by atoms with van der Waals surface area (Å²) in [5.74, 6) is 0.408. The van der Waals surface area contributed by atoms with Crippen LogP contribution in [-0.2, 0) is 11.2 Å². The number of Topliss-reactive ketones (excluding diaryl/α,β-unsaturated/α-hetero) is 1. The third-order valence-electron chi connectivity index (χ3n) is 2.14. The smallest absolute Gasteiger partial charge is 0.135 e. The van der Waals surface area contributed by atoms with Gasteiger partial charge in [-0.3, -0.25) is 9.78 Å². The Morgan fingerprint density at radius 2 is 2.31 bits per heavy atom. The molecule has 0 saturated heterocycles. The number of rotatable bonds is 4. The maximum atomic E-state index is 11.3. The second kappa shape index (κ2) is 4.75. The van der Waals surface area contributed by atoms with Gasteiger partial charge in [-0.15, -0.1) is 0 Å². The van der Waals surface area contributed by atoms with Crippen LogP contribution in [0.5, 0.6) is 0 Å². The van der Waals surface area contributed by atoms with Gasteiger partial charge >= 0.3 is 0 Å². The van der Waals surface area contributed by atoms with Crippen LogP contribution in [0.25, 0.3) is 0 Å². The molecule has 0 fully saturated rings. The first-order valence-corrected chi connectivity index (χ1v) is 4.66. The minimum Gasteiger partial charge on any atom is -0.299 e. The highest BCUT2D eigenvalue weighted by atomic mass is 16.1. The van der Waals surface area contributed by atoms with Gasteiger partial charge in [-0.2, -0.15) is 0 Å². The molecule has 0 spiro atoms. The van der Waals surface area contributed by atoms with E-state index in [0.29, 0.717) is 12.2 Å². The summed E-state index contributed by atoms with van der Waals surface area (Å²) in [6.45, 7) is 3.86. The molecule has 0 bridgehead atoms. The third kappa shape index (κ3) is 2.98. The first kappa shape index (κ1) is 9.90. The van der Waals surface area contributed by atoms with Gasteiger partial charge in [0.1, 0.15) is 5.78 Å². The predicted molar refractivity (Wildman–Crippen MR) is 52.4 cm³/mol. The predicted octanol–water partition coefficient (Wildman–Crippen LogP) is 2.24. The zero-order chi connectivity index (χ0) is 9.68. The highest BCUT2D eigenvalue weighted by Crippen LogP contribution is 2.07. The van der Waals surface area contributed by atoms with Gasteiger partial charge in [-0.1, -0.05) is 19.9 Å². The summed E-state index contributed by atoms with van der Waals surface area (Å²) in [4.78, 5) is 15.5. The molecule has 1 aromatic rings. The van der Waals surface area contributed by atoms with Crippen molar-refractivity contribution in [2.75, 3.05) is 0 Å². The van der Waals surface area contributed by atoms with E-state index in [1.165, 1.54) is 0 Å². The van der Waals surface area contributed by atoms with Crippen molar-refractivity contribution >= 4 is 5.78 Å².